The first-order valence-electron chi connectivity index (χ1n) is 7.92. The molecule has 0 unspecified atom stereocenters. The summed E-state index contributed by atoms with van der Waals surface area (Å²) < 4.78 is 0. The third kappa shape index (κ3) is 1.71. The summed E-state index contributed by atoms with van der Waals surface area (Å²) in [4.78, 5) is 6.17. The standard InChI is InChI=1S/C20H17NO/c1-3-9-17-14(6-1)8-5-10-18(17)20-13-16-12-15-7-2-4-11-19(15)21(20)22-16/h1-11,16,20H,12-13H2/t16-,20+/m1/s1. The number of fused-ring (bicyclic) bond motifs is 5. The molecule has 0 saturated carbocycles. The monoisotopic (exact) mass is 287 g/mol. The highest BCUT2D eigenvalue weighted by Crippen LogP contribution is 2.45. The van der Waals surface area contributed by atoms with Gasteiger partial charge in [-0.15, -0.1) is 0 Å². The molecule has 1 saturated heterocycles. The van der Waals surface area contributed by atoms with Gasteiger partial charge >= 0.3 is 0 Å². The second kappa shape index (κ2) is 4.59. The average Bonchev–Trinajstić information content (AvgIpc) is 2.92. The van der Waals surface area contributed by atoms with Crippen LogP contribution in [0, 0.1) is 0 Å². The first-order valence-corrected chi connectivity index (χ1v) is 7.92. The zero-order chi connectivity index (χ0) is 14.5. The largest absolute Gasteiger partial charge is 0.269 e. The Bertz CT molecular complexity index is 852. The van der Waals surface area contributed by atoms with E-state index in [0.717, 1.165) is 12.8 Å². The summed E-state index contributed by atoms with van der Waals surface area (Å²) in [5, 5.41) is 4.78. The van der Waals surface area contributed by atoms with Crippen LogP contribution in [-0.4, -0.2) is 6.10 Å². The second-order valence-electron chi connectivity index (χ2n) is 6.21. The highest BCUT2D eigenvalue weighted by atomic mass is 16.7. The van der Waals surface area contributed by atoms with Crippen LogP contribution in [0.25, 0.3) is 10.8 Å². The SMILES string of the molecule is c1ccc2c(c1)C[C@@H]1C[C@@H](c3cccc4ccccc34)N2O1. The van der Waals surface area contributed by atoms with Crippen LogP contribution in [-0.2, 0) is 11.3 Å². The quantitative estimate of drug-likeness (QED) is 0.646. The van der Waals surface area contributed by atoms with E-state index in [1.54, 1.807) is 0 Å². The Balaban J connectivity index is 1.67. The molecule has 22 heavy (non-hydrogen) atoms. The van der Waals surface area contributed by atoms with E-state index in [-0.39, 0.29) is 0 Å². The van der Waals surface area contributed by atoms with Crippen molar-refractivity contribution >= 4 is 16.5 Å². The van der Waals surface area contributed by atoms with Crippen molar-refractivity contribution in [2.75, 3.05) is 5.06 Å². The maximum Gasteiger partial charge on any atom is 0.0921 e. The fourth-order valence-electron chi connectivity index (χ4n) is 3.91. The molecule has 2 aliphatic heterocycles. The van der Waals surface area contributed by atoms with E-state index in [4.69, 9.17) is 4.84 Å². The summed E-state index contributed by atoms with van der Waals surface area (Å²) in [5.74, 6) is 0. The van der Waals surface area contributed by atoms with Crippen LogP contribution in [0.4, 0.5) is 5.69 Å². The first kappa shape index (κ1) is 12.2. The predicted octanol–water partition coefficient (Wildman–Crippen LogP) is 4.65. The number of hydrogen-bond donors (Lipinski definition) is 0. The molecule has 3 aromatic rings. The molecule has 2 nitrogen and oxygen atoms in total. The third-order valence-corrected chi connectivity index (χ3v) is 4.89. The van der Waals surface area contributed by atoms with E-state index in [2.05, 4.69) is 71.8 Å². The van der Waals surface area contributed by atoms with Crippen LogP contribution in [0.1, 0.15) is 23.6 Å². The van der Waals surface area contributed by atoms with Gasteiger partial charge in [-0.1, -0.05) is 60.7 Å². The molecule has 5 rings (SSSR count). The Labute approximate surface area is 129 Å². The highest BCUT2D eigenvalue weighted by molar-refractivity contribution is 5.86. The Kier molecular flexibility index (Phi) is 2.55. The molecule has 2 aliphatic rings. The van der Waals surface area contributed by atoms with Crippen LogP contribution >= 0.6 is 0 Å². The minimum atomic E-state index is 0.305. The molecular formula is C20H17NO. The summed E-state index contributed by atoms with van der Waals surface area (Å²) in [6.07, 6.45) is 2.38. The maximum atomic E-state index is 6.17. The highest BCUT2D eigenvalue weighted by Gasteiger charge is 2.40. The van der Waals surface area contributed by atoms with E-state index in [9.17, 15) is 0 Å². The number of nitrogens with zero attached hydrogens (tertiary/aromatic N) is 1. The second-order valence-corrected chi connectivity index (χ2v) is 6.21. The molecule has 1 fully saturated rings. The fourth-order valence-corrected chi connectivity index (χ4v) is 3.91. The van der Waals surface area contributed by atoms with Gasteiger partial charge in [0.25, 0.3) is 0 Å². The summed E-state index contributed by atoms with van der Waals surface area (Å²) in [6.45, 7) is 0. The molecule has 2 atom stereocenters. The molecule has 0 amide bonds. The number of anilines is 1. The number of rotatable bonds is 1. The van der Waals surface area contributed by atoms with Crippen LogP contribution < -0.4 is 5.06 Å². The maximum absolute atomic E-state index is 6.17. The molecule has 2 heteroatoms. The summed E-state index contributed by atoms with van der Waals surface area (Å²) in [5.41, 5.74) is 4.01. The van der Waals surface area contributed by atoms with Gasteiger partial charge in [-0.25, -0.2) is 5.06 Å². The van der Waals surface area contributed by atoms with Gasteiger partial charge in [0.05, 0.1) is 17.8 Å². The van der Waals surface area contributed by atoms with Gasteiger partial charge in [-0.3, -0.25) is 4.84 Å². The van der Waals surface area contributed by atoms with Crippen LogP contribution in [0.5, 0.6) is 0 Å². The lowest BCUT2D eigenvalue weighted by Crippen LogP contribution is -2.27. The van der Waals surface area contributed by atoms with Crippen LogP contribution in [0.3, 0.4) is 0 Å². The number of benzene rings is 3. The molecule has 0 spiro atoms. The molecule has 0 N–H and O–H groups in total. The molecule has 2 bridgehead atoms. The van der Waals surface area contributed by atoms with Crippen molar-refractivity contribution in [2.24, 2.45) is 0 Å². The lowest BCUT2D eigenvalue weighted by atomic mass is 9.95. The lowest BCUT2D eigenvalue weighted by molar-refractivity contribution is 0.0735. The zero-order valence-electron chi connectivity index (χ0n) is 12.3. The molecule has 0 radical (unpaired) electrons. The van der Waals surface area contributed by atoms with Gasteiger partial charge in [0.1, 0.15) is 0 Å². The minimum Gasteiger partial charge on any atom is -0.269 e. The topological polar surface area (TPSA) is 12.5 Å². The van der Waals surface area contributed by atoms with Crippen molar-refractivity contribution in [3.63, 3.8) is 0 Å². The van der Waals surface area contributed by atoms with Crippen molar-refractivity contribution in [2.45, 2.75) is 25.0 Å². The van der Waals surface area contributed by atoms with Crippen molar-refractivity contribution in [3.05, 3.63) is 77.9 Å². The summed E-state index contributed by atoms with van der Waals surface area (Å²) in [6, 6.07) is 24.2. The Morgan fingerprint density at radius 3 is 2.68 bits per heavy atom. The van der Waals surface area contributed by atoms with E-state index < -0.39 is 0 Å². The van der Waals surface area contributed by atoms with Crippen molar-refractivity contribution in [3.8, 4) is 0 Å². The number of hydroxylamine groups is 1. The Hall–Kier alpha value is -2.32. The third-order valence-electron chi connectivity index (χ3n) is 4.89. The number of para-hydroxylation sites is 1. The molecule has 0 aliphatic carbocycles. The van der Waals surface area contributed by atoms with E-state index in [1.807, 2.05) is 0 Å². The average molecular weight is 287 g/mol. The van der Waals surface area contributed by atoms with Crippen molar-refractivity contribution < 1.29 is 4.84 Å². The van der Waals surface area contributed by atoms with E-state index in [1.165, 1.54) is 27.6 Å². The van der Waals surface area contributed by atoms with Gasteiger partial charge in [0.2, 0.25) is 0 Å². The Morgan fingerprint density at radius 1 is 0.864 bits per heavy atom. The molecule has 0 aromatic heterocycles. The van der Waals surface area contributed by atoms with Crippen LogP contribution in [0.15, 0.2) is 66.7 Å². The minimum absolute atomic E-state index is 0.305. The van der Waals surface area contributed by atoms with Gasteiger partial charge in [-0.2, -0.15) is 0 Å². The van der Waals surface area contributed by atoms with Crippen molar-refractivity contribution in [1.29, 1.82) is 0 Å². The first-order chi connectivity index (χ1) is 10.9. The van der Waals surface area contributed by atoms with Gasteiger partial charge in [0.15, 0.2) is 0 Å². The predicted molar refractivity (Wildman–Crippen MR) is 88.8 cm³/mol. The van der Waals surface area contributed by atoms with Gasteiger partial charge in [0, 0.05) is 12.8 Å². The fraction of sp³-hybridized carbons (Fsp3) is 0.200. The normalized spacial score (nSPS) is 22.8. The van der Waals surface area contributed by atoms with Crippen LogP contribution in [0.2, 0.25) is 0 Å². The zero-order valence-corrected chi connectivity index (χ0v) is 12.3. The summed E-state index contributed by atoms with van der Waals surface area (Å²) in [7, 11) is 0. The number of hydrogen-bond acceptors (Lipinski definition) is 2. The van der Waals surface area contributed by atoms with E-state index >= 15 is 0 Å². The van der Waals surface area contributed by atoms with Gasteiger partial charge < -0.3 is 0 Å². The molecule has 2 heterocycles. The van der Waals surface area contributed by atoms with Gasteiger partial charge in [-0.05, 0) is 28.0 Å². The van der Waals surface area contributed by atoms with Crippen molar-refractivity contribution in [1.82, 2.24) is 0 Å². The molecule has 3 aromatic carbocycles. The molecular weight excluding hydrogens is 270 g/mol. The Morgan fingerprint density at radius 2 is 1.68 bits per heavy atom. The smallest absolute Gasteiger partial charge is 0.0921 e. The van der Waals surface area contributed by atoms with E-state index in [0.29, 0.717) is 12.1 Å². The summed E-state index contributed by atoms with van der Waals surface area (Å²) >= 11 is 0. The lowest BCUT2D eigenvalue weighted by Gasteiger charge is -2.30. The molecule has 108 valence electrons.